The zero-order chi connectivity index (χ0) is 22.3. The first-order valence-electron chi connectivity index (χ1n) is 11.1. The third kappa shape index (κ3) is 2.64. The Morgan fingerprint density at radius 3 is 2.94 bits per heavy atom. The number of rotatable bonds is 3. The molecule has 7 heteroatoms. The molecule has 0 saturated heterocycles. The lowest BCUT2D eigenvalue weighted by atomic mass is 9.63. The van der Waals surface area contributed by atoms with Crippen molar-refractivity contribution in [1.29, 1.82) is 0 Å². The van der Waals surface area contributed by atoms with E-state index in [1.165, 1.54) is 11.1 Å². The van der Waals surface area contributed by atoms with Crippen LogP contribution in [-0.2, 0) is 6.54 Å². The standard InChI is InChI=1S/C25H25BrN4O2/c1-14-10-24-13-25(14,32)7-6-17(24)16-9-19(26)23(31)15(2)22(16)18(24)11-30-12-21(28-29-30)20-5-3-4-8-27-20/h3-5,8-9,12,17-18,31-32H,1,6-7,10-11,13H2,2H3/t17-,18-,24-,25-/m0/s1. The fourth-order valence-corrected chi connectivity index (χ4v) is 7.30. The van der Waals surface area contributed by atoms with Crippen molar-refractivity contribution < 1.29 is 10.2 Å². The van der Waals surface area contributed by atoms with Crippen molar-refractivity contribution in [1.82, 2.24) is 20.0 Å². The summed E-state index contributed by atoms with van der Waals surface area (Å²) in [5.74, 6) is 0.728. The Hall–Kier alpha value is -2.51. The zero-order valence-electron chi connectivity index (χ0n) is 17.9. The molecule has 164 valence electrons. The minimum Gasteiger partial charge on any atom is -0.506 e. The molecule has 3 aliphatic rings. The molecule has 0 unspecified atom stereocenters. The molecular weight excluding hydrogens is 468 g/mol. The predicted molar refractivity (Wildman–Crippen MR) is 124 cm³/mol. The maximum atomic E-state index is 11.3. The monoisotopic (exact) mass is 492 g/mol. The lowest BCUT2D eigenvalue weighted by Gasteiger charge is -2.42. The van der Waals surface area contributed by atoms with Gasteiger partial charge in [0.1, 0.15) is 11.4 Å². The largest absolute Gasteiger partial charge is 0.506 e. The molecule has 6 rings (SSSR count). The summed E-state index contributed by atoms with van der Waals surface area (Å²) < 4.78 is 2.63. The average Bonchev–Trinajstić information content (AvgIpc) is 3.40. The minimum atomic E-state index is -0.786. The summed E-state index contributed by atoms with van der Waals surface area (Å²) in [4.78, 5) is 4.39. The van der Waals surface area contributed by atoms with Gasteiger partial charge in [0.15, 0.2) is 0 Å². The van der Waals surface area contributed by atoms with E-state index in [1.54, 1.807) is 6.20 Å². The first-order valence-corrected chi connectivity index (χ1v) is 11.9. The van der Waals surface area contributed by atoms with Crippen molar-refractivity contribution in [3.63, 3.8) is 0 Å². The fraction of sp³-hybridized carbons (Fsp3) is 0.400. The fourth-order valence-electron chi connectivity index (χ4n) is 6.75. The Labute approximate surface area is 195 Å². The number of hydrogen-bond acceptors (Lipinski definition) is 5. The molecule has 0 radical (unpaired) electrons. The van der Waals surface area contributed by atoms with E-state index in [-0.39, 0.29) is 11.3 Å². The van der Waals surface area contributed by atoms with Gasteiger partial charge in [-0.2, -0.15) is 0 Å². The van der Waals surface area contributed by atoms with Crippen LogP contribution in [0.5, 0.6) is 5.75 Å². The molecule has 2 N–H and O–H groups in total. The van der Waals surface area contributed by atoms with E-state index in [4.69, 9.17) is 0 Å². The number of aromatic hydroxyl groups is 1. The van der Waals surface area contributed by atoms with Crippen LogP contribution in [0.4, 0.5) is 0 Å². The second-order valence-electron chi connectivity index (χ2n) is 9.74. The van der Waals surface area contributed by atoms with Gasteiger partial charge in [0, 0.05) is 12.1 Å². The molecule has 6 nitrogen and oxygen atoms in total. The van der Waals surface area contributed by atoms with Crippen LogP contribution in [0.25, 0.3) is 11.4 Å². The maximum absolute atomic E-state index is 11.3. The van der Waals surface area contributed by atoms with Gasteiger partial charge >= 0.3 is 0 Å². The highest BCUT2D eigenvalue weighted by Gasteiger charge is 2.64. The number of hydrogen-bond donors (Lipinski definition) is 2. The van der Waals surface area contributed by atoms with Crippen LogP contribution in [0.2, 0.25) is 0 Å². The summed E-state index contributed by atoms with van der Waals surface area (Å²) in [6.07, 6.45) is 6.87. The zero-order valence-corrected chi connectivity index (χ0v) is 19.5. The van der Waals surface area contributed by atoms with Gasteiger partial charge in [-0.15, -0.1) is 5.10 Å². The molecule has 0 amide bonds. The van der Waals surface area contributed by atoms with Gasteiger partial charge in [0.25, 0.3) is 0 Å². The SMILES string of the molecule is C=C1C[C@]23C[C@@]1(O)CC[C@H]2c1cc(Br)c(O)c(C)c1[C@@H]3Cn1cc(-c2ccccn2)nn1. The highest BCUT2D eigenvalue weighted by molar-refractivity contribution is 9.10. The van der Waals surface area contributed by atoms with E-state index in [2.05, 4.69) is 43.9 Å². The van der Waals surface area contributed by atoms with Crippen molar-refractivity contribution in [3.05, 3.63) is 70.0 Å². The molecule has 3 aromatic rings. The van der Waals surface area contributed by atoms with E-state index in [1.807, 2.05) is 36.0 Å². The Kier molecular flexibility index (Phi) is 4.24. The molecule has 2 saturated carbocycles. The topological polar surface area (TPSA) is 84.1 Å². The Bertz CT molecular complexity index is 1260. The second kappa shape index (κ2) is 6.75. The van der Waals surface area contributed by atoms with Crippen molar-refractivity contribution in [2.45, 2.75) is 56.6 Å². The highest BCUT2D eigenvalue weighted by atomic mass is 79.9. The number of phenols is 1. The molecule has 3 aliphatic carbocycles. The third-order valence-electron chi connectivity index (χ3n) is 8.19. The average molecular weight is 493 g/mol. The van der Waals surface area contributed by atoms with Gasteiger partial charge in [-0.25, -0.2) is 0 Å². The van der Waals surface area contributed by atoms with Crippen molar-refractivity contribution >= 4 is 15.9 Å². The van der Waals surface area contributed by atoms with Crippen LogP contribution in [-0.4, -0.2) is 35.8 Å². The molecule has 2 bridgehead atoms. The number of phenolic OH excluding ortho intramolecular Hbond substituents is 1. The molecular formula is C25H25BrN4O2. The first-order chi connectivity index (χ1) is 15.3. The summed E-state index contributed by atoms with van der Waals surface area (Å²) in [5, 5.41) is 30.9. The smallest absolute Gasteiger partial charge is 0.132 e. The van der Waals surface area contributed by atoms with Gasteiger partial charge in [-0.05, 0) is 100 Å². The molecule has 1 spiro atoms. The minimum absolute atomic E-state index is 0.103. The summed E-state index contributed by atoms with van der Waals surface area (Å²) in [6.45, 7) is 6.91. The molecule has 2 aromatic heterocycles. The Balaban J connectivity index is 1.47. The normalized spacial score (nSPS) is 30.4. The van der Waals surface area contributed by atoms with Crippen LogP contribution in [0, 0.1) is 12.3 Å². The molecule has 4 atom stereocenters. The van der Waals surface area contributed by atoms with Crippen LogP contribution in [0.3, 0.4) is 0 Å². The number of nitrogens with zero attached hydrogens (tertiary/aromatic N) is 4. The maximum Gasteiger partial charge on any atom is 0.132 e. The van der Waals surface area contributed by atoms with Gasteiger partial charge in [-0.1, -0.05) is 17.9 Å². The van der Waals surface area contributed by atoms with Crippen molar-refractivity contribution in [2.24, 2.45) is 5.41 Å². The number of fused-ring (bicyclic) bond motifs is 3. The number of aliphatic hydroxyl groups is 1. The van der Waals surface area contributed by atoms with E-state index >= 15 is 0 Å². The second-order valence-corrected chi connectivity index (χ2v) is 10.6. The quantitative estimate of drug-likeness (QED) is 0.510. The first kappa shape index (κ1) is 20.1. The lowest BCUT2D eigenvalue weighted by molar-refractivity contribution is 0.00370. The number of halogens is 1. The van der Waals surface area contributed by atoms with Crippen molar-refractivity contribution in [3.8, 4) is 17.1 Å². The van der Waals surface area contributed by atoms with E-state index in [9.17, 15) is 10.2 Å². The summed E-state index contributed by atoms with van der Waals surface area (Å²) in [7, 11) is 0. The summed E-state index contributed by atoms with van der Waals surface area (Å²) in [5.41, 5.74) is 4.97. The third-order valence-corrected chi connectivity index (χ3v) is 8.80. The van der Waals surface area contributed by atoms with E-state index in [0.717, 1.165) is 46.3 Å². The molecule has 0 aliphatic heterocycles. The van der Waals surface area contributed by atoms with Crippen LogP contribution >= 0.6 is 15.9 Å². The van der Waals surface area contributed by atoms with E-state index in [0.29, 0.717) is 24.6 Å². The Morgan fingerprint density at radius 2 is 2.16 bits per heavy atom. The van der Waals surface area contributed by atoms with Crippen molar-refractivity contribution in [2.75, 3.05) is 0 Å². The van der Waals surface area contributed by atoms with Crippen LogP contribution in [0.1, 0.15) is 54.2 Å². The predicted octanol–water partition coefficient (Wildman–Crippen LogP) is 4.86. The number of benzene rings is 1. The summed E-state index contributed by atoms with van der Waals surface area (Å²) in [6, 6.07) is 7.84. The summed E-state index contributed by atoms with van der Waals surface area (Å²) >= 11 is 3.55. The highest BCUT2D eigenvalue weighted by Crippen LogP contribution is 2.72. The van der Waals surface area contributed by atoms with Crippen LogP contribution in [0.15, 0.2) is 53.3 Å². The van der Waals surface area contributed by atoms with Gasteiger partial charge < -0.3 is 10.2 Å². The molecule has 1 aromatic carbocycles. The Morgan fingerprint density at radius 1 is 1.31 bits per heavy atom. The van der Waals surface area contributed by atoms with E-state index < -0.39 is 5.60 Å². The van der Waals surface area contributed by atoms with Gasteiger partial charge in [-0.3, -0.25) is 9.67 Å². The van der Waals surface area contributed by atoms with Crippen LogP contribution < -0.4 is 0 Å². The van der Waals surface area contributed by atoms with Gasteiger partial charge in [0.2, 0.25) is 0 Å². The molecule has 2 fully saturated rings. The molecule has 32 heavy (non-hydrogen) atoms. The number of aromatic nitrogens is 4. The number of pyridine rings is 1. The molecule has 2 heterocycles. The van der Waals surface area contributed by atoms with Gasteiger partial charge in [0.05, 0.1) is 28.5 Å². The lowest BCUT2D eigenvalue weighted by Crippen LogP contribution is -2.39.